The summed E-state index contributed by atoms with van der Waals surface area (Å²) in [6, 6.07) is 8.48. The van der Waals surface area contributed by atoms with Gasteiger partial charge in [-0.3, -0.25) is 9.59 Å². The second-order valence-electron chi connectivity index (χ2n) is 5.32. The van der Waals surface area contributed by atoms with Crippen LogP contribution in [0.3, 0.4) is 0 Å². The van der Waals surface area contributed by atoms with Crippen molar-refractivity contribution >= 4 is 23.6 Å². The average molecular weight is 304 g/mol. The van der Waals surface area contributed by atoms with E-state index in [0.717, 1.165) is 0 Å². The van der Waals surface area contributed by atoms with Crippen molar-refractivity contribution in [2.75, 3.05) is 6.54 Å². The Labute approximate surface area is 126 Å². The maximum Gasteiger partial charge on any atom is 0.317 e. The Balaban J connectivity index is 2.08. The van der Waals surface area contributed by atoms with E-state index in [4.69, 9.17) is 5.73 Å². The average Bonchev–Trinajstić information content (AvgIpc) is 2.53. The molecule has 0 radical (unpaired) electrons. The van der Waals surface area contributed by atoms with Gasteiger partial charge in [-0.25, -0.2) is 0 Å². The smallest absolute Gasteiger partial charge is 0.317 e. The van der Waals surface area contributed by atoms with E-state index in [1.165, 1.54) is 11.8 Å². The number of hydrogen-bond acceptors (Lipinski definition) is 4. The van der Waals surface area contributed by atoms with Crippen LogP contribution in [0.1, 0.15) is 5.56 Å². The number of aliphatic carboxylic acids is 1. The predicted molar refractivity (Wildman–Crippen MR) is 80.8 cm³/mol. The second-order valence-corrected chi connectivity index (χ2v) is 6.58. The Hall–Kier alpha value is -1.79. The van der Waals surface area contributed by atoms with Crippen LogP contribution < -0.4 is 5.73 Å². The molecule has 0 aromatic heterocycles. The maximum atomic E-state index is 12.1. The van der Waals surface area contributed by atoms with Crippen LogP contribution >= 0.6 is 11.8 Å². The summed E-state index contributed by atoms with van der Waals surface area (Å²) < 4.78 is 0. The van der Waals surface area contributed by atoms with Gasteiger partial charge < -0.3 is 15.7 Å². The summed E-state index contributed by atoms with van der Waals surface area (Å²) in [5.41, 5.74) is 5.30. The molecule has 110 valence electrons. The Morgan fingerprint density at radius 3 is 2.71 bits per heavy atom. The molecule has 6 heteroatoms. The third-order valence-electron chi connectivity index (χ3n) is 4.26. The first-order chi connectivity index (χ1) is 10.0. The topological polar surface area (TPSA) is 83.6 Å². The van der Waals surface area contributed by atoms with Crippen molar-refractivity contribution in [1.29, 1.82) is 0 Å². The van der Waals surface area contributed by atoms with Gasteiger partial charge >= 0.3 is 5.97 Å². The van der Waals surface area contributed by atoms with Gasteiger partial charge in [0.2, 0.25) is 5.91 Å². The van der Waals surface area contributed by atoms with Crippen LogP contribution in [0.25, 0.3) is 0 Å². The van der Waals surface area contributed by atoms with E-state index in [0.29, 0.717) is 5.56 Å². The highest BCUT2D eigenvalue weighted by Gasteiger charge is 2.60. The number of benzene rings is 1. The largest absolute Gasteiger partial charge is 0.480 e. The zero-order valence-corrected chi connectivity index (χ0v) is 12.1. The summed E-state index contributed by atoms with van der Waals surface area (Å²) in [4.78, 5) is 25.5. The van der Waals surface area contributed by atoms with E-state index in [2.05, 4.69) is 6.58 Å². The maximum absolute atomic E-state index is 12.1. The van der Waals surface area contributed by atoms with Crippen LogP contribution in [-0.4, -0.2) is 45.1 Å². The standard InChI is InChI=1S/C15H16N2O3S/c1-2-10-15(14(19)20,9-6-4-3-5-7-9)8-17-12(18)11(16)13(17)21-10/h2-7,10-11,13H,1,8,16H2,(H,19,20)/t10?,11?,13-,15?/m1/s1. The quantitative estimate of drug-likeness (QED) is 0.637. The number of rotatable bonds is 3. The molecule has 2 heterocycles. The van der Waals surface area contributed by atoms with E-state index in [9.17, 15) is 14.7 Å². The van der Waals surface area contributed by atoms with Crippen molar-refractivity contribution in [3.8, 4) is 0 Å². The number of carbonyl (C=O) groups excluding carboxylic acids is 1. The molecule has 1 aromatic rings. The van der Waals surface area contributed by atoms with Crippen molar-refractivity contribution in [2.24, 2.45) is 5.73 Å². The predicted octanol–water partition coefficient (Wildman–Crippen LogP) is 0.806. The molecule has 0 bridgehead atoms. The van der Waals surface area contributed by atoms with Crippen LogP contribution in [0.2, 0.25) is 0 Å². The lowest BCUT2D eigenvalue weighted by molar-refractivity contribution is -0.152. The van der Waals surface area contributed by atoms with Gasteiger partial charge in [0.1, 0.15) is 16.8 Å². The van der Waals surface area contributed by atoms with E-state index in [1.54, 1.807) is 35.2 Å². The van der Waals surface area contributed by atoms with Crippen LogP contribution in [0.5, 0.6) is 0 Å². The van der Waals surface area contributed by atoms with Crippen LogP contribution in [0.4, 0.5) is 0 Å². The second kappa shape index (κ2) is 4.89. The van der Waals surface area contributed by atoms with Gasteiger partial charge in [0.15, 0.2) is 0 Å². The van der Waals surface area contributed by atoms with Gasteiger partial charge in [0.25, 0.3) is 0 Å². The minimum Gasteiger partial charge on any atom is -0.480 e. The molecule has 0 saturated carbocycles. The fourth-order valence-corrected chi connectivity index (χ4v) is 4.63. The highest BCUT2D eigenvalue weighted by Crippen LogP contribution is 2.48. The Morgan fingerprint density at radius 2 is 2.14 bits per heavy atom. The Kier molecular flexibility index (Phi) is 3.30. The number of fused-ring (bicyclic) bond motifs is 1. The minimum absolute atomic E-state index is 0.132. The number of carboxylic acids is 1. The number of β-lactam (4-membered cyclic amide) rings is 1. The molecule has 2 aliphatic rings. The number of carbonyl (C=O) groups is 2. The van der Waals surface area contributed by atoms with Gasteiger partial charge in [-0.05, 0) is 5.56 Å². The monoisotopic (exact) mass is 304 g/mol. The van der Waals surface area contributed by atoms with Gasteiger partial charge in [-0.1, -0.05) is 36.4 Å². The van der Waals surface area contributed by atoms with E-state index in [1.807, 2.05) is 6.07 Å². The van der Waals surface area contributed by atoms with E-state index in [-0.39, 0.29) is 23.1 Å². The summed E-state index contributed by atoms with van der Waals surface area (Å²) in [5.74, 6) is -1.13. The molecular formula is C15H16N2O3S. The van der Waals surface area contributed by atoms with Crippen molar-refractivity contribution < 1.29 is 14.7 Å². The highest BCUT2D eigenvalue weighted by molar-refractivity contribution is 8.01. The molecule has 2 fully saturated rings. The zero-order chi connectivity index (χ0) is 15.2. The molecule has 0 aliphatic carbocycles. The molecule has 5 nitrogen and oxygen atoms in total. The first kappa shape index (κ1) is 14.2. The van der Waals surface area contributed by atoms with Gasteiger partial charge in [-0.15, -0.1) is 18.3 Å². The lowest BCUT2D eigenvalue weighted by Crippen LogP contribution is -2.74. The van der Waals surface area contributed by atoms with Crippen molar-refractivity contribution in [3.05, 3.63) is 48.6 Å². The molecular weight excluding hydrogens is 288 g/mol. The molecule has 1 amide bonds. The molecule has 2 aliphatic heterocycles. The summed E-state index contributed by atoms with van der Waals surface area (Å²) in [7, 11) is 0. The van der Waals surface area contributed by atoms with Crippen molar-refractivity contribution in [1.82, 2.24) is 4.90 Å². The Morgan fingerprint density at radius 1 is 1.48 bits per heavy atom. The molecule has 3 rings (SSSR count). The fraction of sp³-hybridized carbons (Fsp3) is 0.333. The highest BCUT2D eigenvalue weighted by atomic mass is 32.2. The van der Waals surface area contributed by atoms with Gasteiger partial charge in [0, 0.05) is 11.8 Å². The van der Waals surface area contributed by atoms with Gasteiger partial charge in [0.05, 0.1) is 0 Å². The molecule has 4 atom stereocenters. The molecule has 0 spiro atoms. The normalized spacial score (nSPS) is 34.8. The van der Waals surface area contributed by atoms with E-state index >= 15 is 0 Å². The SMILES string of the molecule is C=CC1S[C@@H]2C(N)C(=O)N2CC1(C(=O)O)c1ccccc1. The number of hydrogen-bond donors (Lipinski definition) is 2. The number of nitrogens with zero attached hydrogens (tertiary/aromatic N) is 1. The summed E-state index contributed by atoms with van der Waals surface area (Å²) in [5, 5.41) is 9.40. The first-order valence-electron chi connectivity index (χ1n) is 6.65. The number of thioether (sulfide) groups is 1. The first-order valence-corrected chi connectivity index (χ1v) is 7.59. The Bertz CT molecular complexity index is 606. The van der Waals surface area contributed by atoms with Crippen LogP contribution in [0.15, 0.2) is 43.0 Å². The van der Waals surface area contributed by atoms with E-state index < -0.39 is 17.4 Å². The van der Waals surface area contributed by atoms with Gasteiger partial charge in [-0.2, -0.15) is 0 Å². The third kappa shape index (κ3) is 1.82. The van der Waals surface area contributed by atoms with Crippen LogP contribution in [0, 0.1) is 0 Å². The van der Waals surface area contributed by atoms with Crippen molar-refractivity contribution in [3.63, 3.8) is 0 Å². The minimum atomic E-state index is -1.18. The molecule has 2 saturated heterocycles. The number of carboxylic acid groups (broad SMARTS) is 1. The molecule has 21 heavy (non-hydrogen) atoms. The van der Waals surface area contributed by atoms with Crippen molar-refractivity contribution in [2.45, 2.75) is 22.1 Å². The molecule has 3 unspecified atom stereocenters. The van der Waals surface area contributed by atoms with Crippen LogP contribution in [-0.2, 0) is 15.0 Å². The lowest BCUT2D eigenvalue weighted by atomic mass is 9.75. The number of amides is 1. The third-order valence-corrected chi connectivity index (χ3v) is 5.97. The summed E-state index contributed by atoms with van der Waals surface area (Å²) in [6.07, 6.45) is 1.65. The molecule has 3 N–H and O–H groups in total. The zero-order valence-electron chi connectivity index (χ0n) is 11.3. The summed E-state index contributed by atoms with van der Waals surface area (Å²) in [6.45, 7) is 3.92. The molecule has 1 aromatic carbocycles. The number of nitrogens with two attached hydrogens (primary N) is 1. The fourth-order valence-electron chi connectivity index (χ4n) is 3.06. The summed E-state index contributed by atoms with van der Waals surface area (Å²) >= 11 is 1.40. The lowest BCUT2D eigenvalue weighted by Gasteiger charge is -2.55.